The van der Waals surface area contributed by atoms with Crippen LogP contribution in [0, 0.1) is 0 Å². The molecule has 4 aromatic rings. The molecule has 0 aliphatic carbocycles. The molecule has 1 amide bonds. The number of aliphatic carboxylic acids is 2. The summed E-state index contributed by atoms with van der Waals surface area (Å²) in [6, 6.07) is 15.0. The number of hydrogen-bond acceptors (Lipinski definition) is 8. The van der Waals surface area contributed by atoms with E-state index >= 15 is 0 Å². The van der Waals surface area contributed by atoms with Crippen LogP contribution in [0.15, 0.2) is 81.8 Å². The number of benzene rings is 2. The maximum absolute atomic E-state index is 14.0. The lowest BCUT2D eigenvalue weighted by atomic mass is 10.0. The van der Waals surface area contributed by atoms with Gasteiger partial charge >= 0.3 is 11.9 Å². The van der Waals surface area contributed by atoms with Crippen molar-refractivity contribution in [3.05, 3.63) is 92.9 Å². The van der Waals surface area contributed by atoms with Crippen molar-refractivity contribution < 1.29 is 37.8 Å². The van der Waals surface area contributed by atoms with Gasteiger partial charge in [0, 0.05) is 28.4 Å². The number of sulfonamides is 1. The van der Waals surface area contributed by atoms with Gasteiger partial charge in [-0.2, -0.15) is 4.72 Å². The molecule has 0 saturated heterocycles. The SMILES string of the molecule is O=C(O)CCCCOc1ccccc1[C@H](NS(=O)(=O)c1ccc2[nH]c(=O)ccc2c1)C(=O)N(CC(=O)O)Cc1cccs1. The molecule has 14 heteroatoms. The fraction of sp³-hybridized carbons (Fsp3) is 0.241. The van der Waals surface area contributed by atoms with Crippen molar-refractivity contribution in [2.24, 2.45) is 0 Å². The Morgan fingerprint density at radius 1 is 0.977 bits per heavy atom. The zero-order valence-electron chi connectivity index (χ0n) is 22.8. The molecule has 2 heterocycles. The highest BCUT2D eigenvalue weighted by molar-refractivity contribution is 7.89. The predicted octanol–water partition coefficient (Wildman–Crippen LogP) is 3.36. The molecule has 0 saturated carbocycles. The fourth-order valence-corrected chi connectivity index (χ4v) is 6.25. The molecule has 0 fully saturated rings. The number of carbonyl (C=O) groups excluding carboxylic acids is 1. The van der Waals surface area contributed by atoms with Gasteiger partial charge in [-0.05, 0) is 60.0 Å². The van der Waals surface area contributed by atoms with Crippen LogP contribution in [0.1, 0.15) is 35.7 Å². The summed E-state index contributed by atoms with van der Waals surface area (Å²) >= 11 is 1.32. The number of carbonyl (C=O) groups is 3. The van der Waals surface area contributed by atoms with Gasteiger partial charge in [0.25, 0.3) is 0 Å². The molecule has 43 heavy (non-hydrogen) atoms. The van der Waals surface area contributed by atoms with Crippen molar-refractivity contribution in [2.75, 3.05) is 13.2 Å². The number of aromatic amines is 1. The van der Waals surface area contributed by atoms with E-state index in [2.05, 4.69) is 9.71 Å². The molecule has 1 atom stereocenters. The number of nitrogens with zero attached hydrogens (tertiary/aromatic N) is 1. The zero-order chi connectivity index (χ0) is 31.0. The molecule has 2 aromatic heterocycles. The number of carboxylic acids is 2. The summed E-state index contributed by atoms with van der Waals surface area (Å²) < 4.78 is 35.7. The molecule has 0 spiro atoms. The van der Waals surface area contributed by atoms with E-state index < -0.39 is 40.5 Å². The van der Waals surface area contributed by atoms with E-state index in [1.807, 2.05) is 0 Å². The third kappa shape index (κ3) is 8.50. The smallest absolute Gasteiger partial charge is 0.323 e. The summed E-state index contributed by atoms with van der Waals surface area (Å²) in [6.45, 7) is -0.645. The summed E-state index contributed by atoms with van der Waals surface area (Å²) in [5, 5.41) is 20.7. The Kier molecular flexibility index (Phi) is 10.3. The van der Waals surface area contributed by atoms with Crippen LogP contribution in [0.3, 0.4) is 0 Å². The molecule has 12 nitrogen and oxygen atoms in total. The van der Waals surface area contributed by atoms with Crippen LogP contribution in [0.4, 0.5) is 0 Å². The van der Waals surface area contributed by atoms with Crippen LogP contribution < -0.4 is 15.0 Å². The van der Waals surface area contributed by atoms with E-state index in [9.17, 15) is 32.7 Å². The van der Waals surface area contributed by atoms with Gasteiger partial charge in [-0.15, -0.1) is 11.3 Å². The molecule has 226 valence electrons. The molecule has 0 aliphatic heterocycles. The Morgan fingerprint density at radius 2 is 1.77 bits per heavy atom. The van der Waals surface area contributed by atoms with Crippen molar-refractivity contribution in [1.82, 2.24) is 14.6 Å². The van der Waals surface area contributed by atoms with E-state index in [1.165, 1.54) is 47.7 Å². The second-order valence-electron chi connectivity index (χ2n) is 9.53. The van der Waals surface area contributed by atoms with Gasteiger partial charge in [0.2, 0.25) is 21.5 Å². The molecule has 0 unspecified atom stereocenters. The Morgan fingerprint density at radius 3 is 2.49 bits per heavy atom. The van der Waals surface area contributed by atoms with Gasteiger partial charge in [-0.25, -0.2) is 8.42 Å². The van der Waals surface area contributed by atoms with E-state index in [1.54, 1.807) is 35.7 Å². The van der Waals surface area contributed by atoms with Crippen molar-refractivity contribution >= 4 is 50.1 Å². The summed E-state index contributed by atoms with van der Waals surface area (Å²) in [7, 11) is -4.39. The summed E-state index contributed by atoms with van der Waals surface area (Å²) in [4.78, 5) is 52.5. The lowest BCUT2D eigenvalue weighted by Gasteiger charge is -2.27. The Labute approximate surface area is 250 Å². The maximum Gasteiger partial charge on any atom is 0.323 e. The minimum absolute atomic E-state index is 0.0432. The monoisotopic (exact) mass is 627 g/mol. The lowest BCUT2D eigenvalue weighted by Crippen LogP contribution is -2.44. The third-order valence-electron chi connectivity index (χ3n) is 6.36. The van der Waals surface area contributed by atoms with Crippen LogP contribution in [-0.4, -0.2) is 59.5 Å². The number of fused-ring (bicyclic) bond motifs is 1. The number of H-pyrrole nitrogens is 1. The van der Waals surface area contributed by atoms with Crippen LogP contribution >= 0.6 is 11.3 Å². The number of hydrogen-bond donors (Lipinski definition) is 4. The number of nitrogens with one attached hydrogen (secondary N) is 2. The van der Waals surface area contributed by atoms with E-state index in [0.717, 1.165) is 4.90 Å². The van der Waals surface area contributed by atoms with Gasteiger partial charge in [0.05, 0.1) is 18.0 Å². The molecular formula is C29H29N3O9S2. The predicted molar refractivity (Wildman–Crippen MR) is 158 cm³/mol. The number of pyridine rings is 1. The topological polar surface area (TPSA) is 183 Å². The molecule has 4 rings (SSSR count). The second kappa shape index (κ2) is 14.1. The maximum atomic E-state index is 14.0. The lowest BCUT2D eigenvalue weighted by molar-refractivity contribution is -0.145. The fourth-order valence-electron chi connectivity index (χ4n) is 4.33. The summed E-state index contributed by atoms with van der Waals surface area (Å²) in [5.41, 5.74) is 0.223. The first-order valence-electron chi connectivity index (χ1n) is 13.2. The number of thiophene rings is 1. The number of carboxylic acid groups (broad SMARTS) is 2. The average Bonchev–Trinajstić information content (AvgIpc) is 3.48. The molecular weight excluding hydrogens is 598 g/mol. The van der Waals surface area contributed by atoms with Crippen LogP contribution in [0.2, 0.25) is 0 Å². The van der Waals surface area contributed by atoms with Gasteiger partial charge in [-0.3, -0.25) is 19.2 Å². The highest BCUT2D eigenvalue weighted by Crippen LogP contribution is 2.30. The largest absolute Gasteiger partial charge is 0.493 e. The number of ether oxygens (including phenoxy) is 1. The third-order valence-corrected chi connectivity index (χ3v) is 8.64. The molecule has 0 radical (unpaired) electrons. The standard InChI is InChI=1S/C29H29N3O9S2/c33-25-13-10-19-16-21(11-12-23(19)30-25)43(39,40)31-28(29(38)32(18-27(36)37)17-20-6-5-15-42-20)22-7-1-2-8-24(22)41-14-4-3-9-26(34)35/h1-2,5-8,10-13,15-16,28,31H,3-4,9,14,17-18H2,(H,30,33)(H,34,35)(H,36,37)/t28-/m0/s1. The highest BCUT2D eigenvalue weighted by atomic mass is 32.2. The van der Waals surface area contributed by atoms with E-state index in [4.69, 9.17) is 9.84 Å². The average molecular weight is 628 g/mol. The first kappa shape index (κ1) is 31.4. The number of unbranched alkanes of at least 4 members (excludes halogenated alkanes) is 1. The summed E-state index contributed by atoms with van der Waals surface area (Å²) in [6.07, 6.45) is 0.707. The normalized spacial score (nSPS) is 12.1. The van der Waals surface area contributed by atoms with Crippen LogP contribution in [0.25, 0.3) is 10.9 Å². The Balaban J connectivity index is 1.71. The number of aromatic nitrogens is 1. The van der Waals surface area contributed by atoms with Gasteiger partial charge in [-0.1, -0.05) is 24.3 Å². The highest BCUT2D eigenvalue weighted by Gasteiger charge is 2.34. The minimum Gasteiger partial charge on any atom is -0.493 e. The van der Waals surface area contributed by atoms with Crippen LogP contribution in [-0.2, 0) is 31.0 Å². The van der Waals surface area contributed by atoms with Crippen molar-refractivity contribution in [1.29, 1.82) is 0 Å². The number of amides is 1. The minimum atomic E-state index is -4.39. The zero-order valence-corrected chi connectivity index (χ0v) is 24.4. The van der Waals surface area contributed by atoms with Crippen LogP contribution in [0.5, 0.6) is 5.75 Å². The van der Waals surface area contributed by atoms with E-state index in [-0.39, 0.29) is 41.3 Å². The molecule has 2 aromatic carbocycles. The summed E-state index contributed by atoms with van der Waals surface area (Å²) in [5.74, 6) is -2.85. The first-order valence-corrected chi connectivity index (χ1v) is 15.5. The molecule has 4 N–H and O–H groups in total. The quantitative estimate of drug-likeness (QED) is 0.144. The Bertz CT molecular complexity index is 1770. The first-order chi connectivity index (χ1) is 20.5. The van der Waals surface area contributed by atoms with Gasteiger partial charge in [0.15, 0.2) is 0 Å². The number of para-hydroxylation sites is 1. The van der Waals surface area contributed by atoms with Crippen molar-refractivity contribution in [3.63, 3.8) is 0 Å². The molecule has 0 bridgehead atoms. The van der Waals surface area contributed by atoms with Gasteiger partial charge < -0.3 is 24.8 Å². The van der Waals surface area contributed by atoms with Crippen molar-refractivity contribution in [2.45, 2.75) is 36.7 Å². The Hall–Kier alpha value is -4.53. The number of rotatable bonds is 15. The van der Waals surface area contributed by atoms with Crippen molar-refractivity contribution in [3.8, 4) is 5.75 Å². The molecule has 0 aliphatic rings. The van der Waals surface area contributed by atoms with Gasteiger partial charge in [0.1, 0.15) is 18.3 Å². The second-order valence-corrected chi connectivity index (χ2v) is 12.3. The van der Waals surface area contributed by atoms with E-state index in [0.29, 0.717) is 28.6 Å².